The zero-order valence-corrected chi connectivity index (χ0v) is 6.86. The average Bonchev–Trinajstić information content (AvgIpc) is 1.95. The summed E-state index contributed by atoms with van der Waals surface area (Å²) in [6.45, 7) is 0. The number of ether oxygens (including phenoxy) is 1. The van der Waals surface area contributed by atoms with Crippen LogP contribution in [0.15, 0.2) is 0 Å². The lowest BCUT2D eigenvalue weighted by molar-refractivity contribution is -0.0860. The second kappa shape index (κ2) is 4.04. The number of hydrogen-bond donors (Lipinski definition) is 2. The quantitative estimate of drug-likeness (QED) is 0.589. The molecular weight excluding hydrogens is 144 g/mol. The second-order valence-electron chi connectivity index (χ2n) is 3.26. The van der Waals surface area contributed by atoms with E-state index in [1.807, 2.05) is 0 Å². The average molecular weight is 160 g/mol. The fourth-order valence-corrected chi connectivity index (χ4v) is 1.43. The van der Waals surface area contributed by atoms with Crippen molar-refractivity contribution in [2.24, 2.45) is 5.92 Å². The highest BCUT2D eigenvalue weighted by Crippen LogP contribution is 2.31. The Hall–Kier alpha value is -0.120. The Labute approximate surface area is 67.0 Å². The van der Waals surface area contributed by atoms with E-state index >= 15 is 0 Å². The molecule has 3 heteroatoms. The van der Waals surface area contributed by atoms with Crippen molar-refractivity contribution < 1.29 is 14.9 Å². The van der Waals surface area contributed by atoms with Crippen LogP contribution in [0.5, 0.6) is 0 Å². The summed E-state index contributed by atoms with van der Waals surface area (Å²) >= 11 is 0. The highest BCUT2D eigenvalue weighted by Gasteiger charge is 2.26. The summed E-state index contributed by atoms with van der Waals surface area (Å²) in [4.78, 5) is 0. The van der Waals surface area contributed by atoms with Crippen molar-refractivity contribution >= 4 is 0 Å². The molecule has 1 saturated carbocycles. The summed E-state index contributed by atoms with van der Waals surface area (Å²) in [6.07, 6.45) is 2.75. The monoisotopic (exact) mass is 160 g/mol. The van der Waals surface area contributed by atoms with Gasteiger partial charge < -0.3 is 14.9 Å². The van der Waals surface area contributed by atoms with E-state index in [2.05, 4.69) is 4.74 Å². The number of methoxy groups -OCH3 is 1. The molecule has 0 bridgehead atoms. The van der Waals surface area contributed by atoms with E-state index < -0.39 is 6.29 Å². The molecule has 0 aromatic rings. The van der Waals surface area contributed by atoms with Crippen molar-refractivity contribution in [1.82, 2.24) is 0 Å². The largest absolute Gasteiger partial charge is 0.393 e. The standard InChI is InChI=1S/C8H16O3/c1-11-8(10)3-2-6-4-7(9)5-6/h6-10H,2-5H2,1H3. The molecule has 2 N–H and O–H groups in total. The molecule has 0 spiro atoms. The molecule has 1 atom stereocenters. The van der Waals surface area contributed by atoms with E-state index in [9.17, 15) is 0 Å². The van der Waals surface area contributed by atoms with Crippen molar-refractivity contribution in [1.29, 1.82) is 0 Å². The maximum atomic E-state index is 9.01. The molecular formula is C8H16O3. The van der Waals surface area contributed by atoms with E-state index in [0.29, 0.717) is 12.3 Å². The number of aliphatic hydroxyl groups is 2. The molecule has 0 aromatic carbocycles. The van der Waals surface area contributed by atoms with E-state index in [-0.39, 0.29) is 6.10 Å². The third-order valence-electron chi connectivity index (χ3n) is 2.30. The van der Waals surface area contributed by atoms with Gasteiger partial charge in [-0.05, 0) is 31.6 Å². The molecule has 11 heavy (non-hydrogen) atoms. The van der Waals surface area contributed by atoms with Crippen LogP contribution >= 0.6 is 0 Å². The highest BCUT2D eigenvalue weighted by atomic mass is 16.6. The maximum absolute atomic E-state index is 9.01. The van der Waals surface area contributed by atoms with E-state index in [0.717, 1.165) is 19.3 Å². The lowest BCUT2D eigenvalue weighted by Gasteiger charge is -2.31. The Morgan fingerprint density at radius 3 is 2.64 bits per heavy atom. The topological polar surface area (TPSA) is 49.7 Å². The van der Waals surface area contributed by atoms with Gasteiger partial charge in [0, 0.05) is 7.11 Å². The van der Waals surface area contributed by atoms with Gasteiger partial charge in [-0.25, -0.2) is 0 Å². The number of aliphatic hydroxyl groups excluding tert-OH is 2. The van der Waals surface area contributed by atoms with Crippen molar-refractivity contribution in [2.45, 2.75) is 38.1 Å². The molecule has 1 fully saturated rings. The minimum Gasteiger partial charge on any atom is -0.393 e. The molecule has 0 saturated heterocycles. The van der Waals surface area contributed by atoms with Crippen LogP contribution in [0.25, 0.3) is 0 Å². The summed E-state index contributed by atoms with van der Waals surface area (Å²) in [6, 6.07) is 0. The van der Waals surface area contributed by atoms with Gasteiger partial charge in [-0.2, -0.15) is 0 Å². The van der Waals surface area contributed by atoms with Crippen LogP contribution in [0.1, 0.15) is 25.7 Å². The van der Waals surface area contributed by atoms with Gasteiger partial charge in [0.1, 0.15) is 0 Å². The van der Waals surface area contributed by atoms with Gasteiger partial charge in [-0.3, -0.25) is 0 Å². The first-order valence-corrected chi connectivity index (χ1v) is 4.11. The molecule has 1 unspecified atom stereocenters. The summed E-state index contributed by atoms with van der Waals surface area (Å²) < 4.78 is 4.69. The predicted octanol–water partition coefficient (Wildman–Crippen LogP) is 0.502. The van der Waals surface area contributed by atoms with Gasteiger partial charge in [0.2, 0.25) is 0 Å². The van der Waals surface area contributed by atoms with E-state index in [4.69, 9.17) is 10.2 Å². The lowest BCUT2D eigenvalue weighted by Crippen LogP contribution is -2.29. The van der Waals surface area contributed by atoms with E-state index in [1.165, 1.54) is 7.11 Å². The first kappa shape index (κ1) is 8.97. The van der Waals surface area contributed by atoms with Gasteiger partial charge in [-0.15, -0.1) is 0 Å². The van der Waals surface area contributed by atoms with Crippen LogP contribution < -0.4 is 0 Å². The van der Waals surface area contributed by atoms with Crippen LogP contribution in [0.2, 0.25) is 0 Å². The number of hydrogen-bond acceptors (Lipinski definition) is 3. The second-order valence-corrected chi connectivity index (χ2v) is 3.26. The third kappa shape index (κ3) is 2.77. The molecule has 0 amide bonds. The Bertz CT molecular complexity index is 110. The normalized spacial score (nSPS) is 33.0. The summed E-state index contributed by atoms with van der Waals surface area (Å²) in [7, 11) is 1.50. The molecule has 1 aliphatic carbocycles. The molecule has 66 valence electrons. The fraction of sp³-hybridized carbons (Fsp3) is 1.00. The molecule has 3 nitrogen and oxygen atoms in total. The molecule has 0 radical (unpaired) electrons. The Morgan fingerprint density at radius 2 is 2.18 bits per heavy atom. The zero-order valence-electron chi connectivity index (χ0n) is 6.86. The van der Waals surface area contributed by atoms with Gasteiger partial charge in [-0.1, -0.05) is 0 Å². The third-order valence-corrected chi connectivity index (χ3v) is 2.30. The number of rotatable bonds is 4. The van der Waals surface area contributed by atoms with Gasteiger partial charge in [0.25, 0.3) is 0 Å². The van der Waals surface area contributed by atoms with Crippen LogP contribution in [-0.2, 0) is 4.74 Å². The molecule has 0 aromatic heterocycles. The van der Waals surface area contributed by atoms with Crippen LogP contribution in [0.4, 0.5) is 0 Å². The molecule has 1 rings (SSSR count). The van der Waals surface area contributed by atoms with Crippen LogP contribution in [0, 0.1) is 5.92 Å². The SMILES string of the molecule is COC(O)CCC1CC(O)C1. The summed E-state index contributed by atoms with van der Waals surface area (Å²) in [5.41, 5.74) is 0. The minimum absolute atomic E-state index is 0.0836. The van der Waals surface area contributed by atoms with Crippen LogP contribution in [0.3, 0.4) is 0 Å². The van der Waals surface area contributed by atoms with E-state index in [1.54, 1.807) is 0 Å². The summed E-state index contributed by atoms with van der Waals surface area (Å²) in [5, 5.41) is 18.0. The minimum atomic E-state index is -0.618. The van der Waals surface area contributed by atoms with Crippen molar-refractivity contribution in [3.63, 3.8) is 0 Å². The molecule has 0 heterocycles. The van der Waals surface area contributed by atoms with Crippen LogP contribution in [-0.4, -0.2) is 29.7 Å². The highest BCUT2D eigenvalue weighted by molar-refractivity contribution is 4.78. The van der Waals surface area contributed by atoms with Crippen molar-refractivity contribution in [2.75, 3.05) is 7.11 Å². The van der Waals surface area contributed by atoms with Gasteiger partial charge in [0.05, 0.1) is 6.10 Å². The zero-order chi connectivity index (χ0) is 8.27. The Kier molecular flexibility index (Phi) is 3.30. The summed E-state index contributed by atoms with van der Waals surface area (Å²) in [5.74, 6) is 0.606. The predicted molar refractivity (Wildman–Crippen MR) is 41.0 cm³/mol. The fourth-order valence-electron chi connectivity index (χ4n) is 1.43. The van der Waals surface area contributed by atoms with Gasteiger partial charge >= 0.3 is 0 Å². The van der Waals surface area contributed by atoms with Crippen molar-refractivity contribution in [3.8, 4) is 0 Å². The van der Waals surface area contributed by atoms with Gasteiger partial charge in [0.15, 0.2) is 6.29 Å². The molecule has 0 aliphatic heterocycles. The first-order valence-electron chi connectivity index (χ1n) is 4.11. The van der Waals surface area contributed by atoms with Crippen molar-refractivity contribution in [3.05, 3.63) is 0 Å². The smallest absolute Gasteiger partial charge is 0.154 e. The first-order chi connectivity index (χ1) is 5.22. The Morgan fingerprint density at radius 1 is 1.55 bits per heavy atom. The molecule has 1 aliphatic rings. The lowest BCUT2D eigenvalue weighted by atomic mass is 9.79. The maximum Gasteiger partial charge on any atom is 0.154 e. The Balaban J connectivity index is 1.96.